The number of nitrogens with zero attached hydrogens (tertiary/aromatic N) is 2. The van der Waals surface area contributed by atoms with E-state index in [9.17, 15) is 18.0 Å². The van der Waals surface area contributed by atoms with Crippen LogP contribution in [0.2, 0.25) is 5.02 Å². The van der Waals surface area contributed by atoms with Gasteiger partial charge in [0.25, 0.3) is 0 Å². The Hall–Kier alpha value is -2.94. The minimum Gasteiger partial charge on any atom is -0.354 e. The van der Waals surface area contributed by atoms with Crippen molar-refractivity contribution in [3.8, 4) is 0 Å². The van der Waals surface area contributed by atoms with Gasteiger partial charge in [-0.05, 0) is 47.9 Å². The minimum absolute atomic E-state index is 0.0725. The fourth-order valence-corrected chi connectivity index (χ4v) is 5.01. The molecule has 186 valence electrons. The first-order valence-corrected chi connectivity index (χ1v) is 13.2. The number of hydrogen-bond donors (Lipinski definition) is 1. The molecule has 0 radical (unpaired) electrons. The molecule has 0 unspecified atom stereocenters. The summed E-state index contributed by atoms with van der Waals surface area (Å²) in [6.45, 7) is 3.68. The molecule has 3 aromatic rings. The van der Waals surface area contributed by atoms with Gasteiger partial charge in [0.2, 0.25) is 21.8 Å². The summed E-state index contributed by atoms with van der Waals surface area (Å²) in [7, 11) is -2.58. The highest BCUT2D eigenvalue weighted by Gasteiger charge is 2.30. The number of rotatable bonds is 10. The molecule has 0 aliphatic rings. The zero-order chi connectivity index (χ0) is 25.6. The highest BCUT2D eigenvalue weighted by atomic mass is 35.5. The van der Waals surface area contributed by atoms with Crippen LogP contribution in [-0.4, -0.2) is 55.6 Å². The van der Waals surface area contributed by atoms with E-state index in [-0.39, 0.29) is 17.3 Å². The molecule has 0 aliphatic carbocycles. The molecule has 1 N–H and O–H groups in total. The van der Waals surface area contributed by atoms with Crippen LogP contribution in [0.1, 0.15) is 25.8 Å². The molecule has 7 nitrogen and oxygen atoms in total. The van der Waals surface area contributed by atoms with E-state index in [1.54, 1.807) is 43.3 Å². The van der Waals surface area contributed by atoms with Gasteiger partial charge in [-0.3, -0.25) is 9.59 Å². The maximum atomic E-state index is 13.4. The van der Waals surface area contributed by atoms with Crippen LogP contribution in [0.3, 0.4) is 0 Å². The number of halogens is 1. The van der Waals surface area contributed by atoms with E-state index >= 15 is 0 Å². The Kier molecular flexibility index (Phi) is 8.88. The number of nitrogens with one attached hydrogen (secondary N) is 1. The zero-order valence-electron chi connectivity index (χ0n) is 20.1. The van der Waals surface area contributed by atoms with Crippen molar-refractivity contribution in [3.05, 3.63) is 77.3 Å². The van der Waals surface area contributed by atoms with Crippen LogP contribution >= 0.6 is 11.6 Å². The Labute approximate surface area is 211 Å². The first-order chi connectivity index (χ1) is 16.6. The Morgan fingerprint density at radius 2 is 1.66 bits per heavy atom. The van der Waals surface area contributed by atoms with Gasteiger partial charge >= 0.3 is 0 Å². The van der Waals surface area contributed by atoms with Gasteiger partial charge in [-0.1, -0.05) is 67.1 Å². The Morgan fingerprint density at radius 1 is 1.00 bits per heavy atom. The Balaban J connectivity index is 1.85. The predicted molar refractivity (Wildman–Crippen MR) is 139 cm³/mol. The minimum atomic E-state index is -3.94. The number of benzene rings is 3. The second-order valence-corrected chi connectivity index (χ2v) is 10.8. The highest BCUT2D eigenvalue weighted by Crippen LogP contribution is 2.22. The van der Waals surface area contributed by atoms with Crippen molar-refractivity contribution in [3.63, 3.8) is 0 Å². The number of carbonyl (C=O) groups excluding carboxylic acids is 2. The van der Waals surface area contributed by atoms with Crippen molar-refractivity contribution in [2.45, 2.75) is 37.8 Å². The fraction of sp³-hybridized carbons (Fsp3) is 0.308. The molecule has 0 saturated carbocycles. The van der Waals surface area contributed by atoms with E-state index in [4.69, 9.17) is 11.6 Å². The maximum Gasteiger partial charge on any atom is 0.243 e. The van der Waals surface area contributed by atoms with E-state index in [1.165, 1.54) is 18.0 Å². The zero-order valence-corrected chi connectivity index (χ0v) is 21.6. The van der Waals surface area contributed by atoms with E-state index in [2.05, 4.69) is 5.32 Å². The summed E-state index contributed by atoms with van der Waals surface area (Å²) in [4.78, 5) is 27.5. The van der Waals surface area contributed by atoms with Crippen LogP contribution in [0, 0.1) is 0 Å². The summed E-state index contributed by atoms with van der Waals surface area (Å²) in [5.74, 6) is -0.816. The van der Waals surface area contributed by atoms with E-state index in [0.29, 0.717) is 17.1 Å². The summed E-state index contributed by atoms with van der Waals surface area (Å²) in [6, 6.07) is 18.5. The van der Waals surface area contributed by atoms with Crippen LogP contribution in [0.15, 0.2) is 71.6 Å². The topological polar surface area (TPSA) is 86.8 Å². The molecule has 1 atom stereocenters. The molecular weight excluding hydrogens is 486 g/mol. The van der Waals surface area contributed by atoms with Crippen LogP contribution < -0.4 is 5.32 Å². The number of hydrogen-bond acceptors (Lipinski definition) is 4. The third kappa shape index (κ3) is 6.39. The second-order valence-electron chi connectivity index (χ2n) is 8.35. The summed E-state index contributed by atoms with van der Waals surface area (Å²) in [6.07, 6.45) is 0.754. The molecule has 0 aromatic heterocycles. The van der Waals surface area contributed by atoms with Crippen molar-refractivity contribution in [1.82, 2.24) is 14.5 Å². The molecule has 0 saturated heterocycles. The van der Waals surface area contributed by atoms with Gasteiger partial charge in [0, 0.05) is 25.2 Å². The lowest BCUT2D eigenvalue weighted by atomic mass is 10.1. The lowest BCUT2D eigenvalue weighted by Gasteiger charge is -2.30. The summed E-state index contributed by atoms with van der Waals surface area (Å²) in [5, 5.41) is 4.96. The monoisotopic (exact) mass is 515 g/mol. The highest BCUT2D eigenvalue weighted by molar-refractivity contribution is 7.89. The molecule has 3 rings (SSSR count). The first kappa shape index (κ1) is 26.7. The first-order valence-electron chi connectivity index (χ1n) is 11.4. The third-order valence-corrected chi connectivity index (χ3v) is 7.97. The Bertz CT molecular complexity index is 1310. The SMILES string of the molecule is CCCNC(=O)[C@@H](C)N(Cc1ccccc1Cl)C(=O)CN(C)S(=O)(=O)c1ccc2ccccc2c1. The predicted octanol–water partition coefficient (Wildman–Crippen LogP) is 4.06. The molecular formula is C26H30ClN3O4S. The van der Waals surface area contributed by atoms with Gasteiger partial charge in [-0.15, -0.1) is 0 Å². The van der Waals surface area contributed by atoms with Gasteiger partial charge in [-0.25, -0.2) is 8.42 Å². The standard InChI is InChI=1S/C26H30ClN3O4S/c1-4-15-28-26(32)19(2)30(17-22-11-7-8-12-24(22)27)25(31)18-29(3)35(33,34)23-14-13-20-9-5-6-10-21(20)16-23/h5-14,16,19H,4,15,17-18H2,1-3H3,(H,28,32)/t19-/m1/s1. The summed E-state index contributed by atoms with van der Waals surface area (Å²) < 4.78 is 27.5. The largest absolute Gasteiger partial charge is 0.354 e. The normalized spacial score (nSPS) is 12.5. The number of sulfonamides is 1. The Morgan fingerprint density at radius 3 is 2.34 bits per heavy atom. The summed E-state index contributed by atoms with van der Waals surface area (Å²) in [5.41, 5.74) is 0.665. The van der Waals surface area contributed by atoms with E-state index in [0.717, 1.165) is 21.5 Å². The van der Waals surface area contributed by atoms with Crippen LogP contribution in [-0.2, 0) is 26.2 Å². The molecule has 35 heavy (non-hydrogen) atoms. The average Bonchev–Trinajstić information content (AvgIpc) is 2.85. The molecule has 9 heteroatoms. The summed E-state index contributed by atoms with van der Waals surface area (Å²) >= 11 is 6.30. The van der Waals surface area contributed by atoms with E-state index in [1.807, 2.05) is 31.2 Å². The lowest BCUT2D eigenvalue weighted by molar-refractivity contribution is -0.140. The third-order valence-electron chi connectivity index (χ3n) is 5.80. The molecule has 2 amide bonds. The van der Waals surface area contributed by atoms with Crippen LogP contribution in [0.5, 0.6) is 0 Å². The van der Waals surface area contributed by atoms with Crippen molar-refractivity contribution in [1.29, 1.82) is 0 Å². The second kappa shape index (κ2) is 11.7. The smallest absolute Gasteiger partial charge is 0.243 e. The quantitative estimate of drug-likeness (QED) is 0.441. The number of amides is 2. The van der Waals surface area contributed by atoms with Gasteiger partial charge in [0.1, 0.15) is 6.04 Å². The average molecular weight is 516 g/mol. The van der Waals surface area contributed by atoms with Gasteiger partial charge in [0.15, 0.2) is 0 Å². The van der Waals surface area contributed by atoms with E-state index < -0.39 is 28.5 Å². The fourth-order valence-electron chi connectivity index (χ4n) is 3.66. The van der Waals surface area contributed by atoms with Crippen molar-refractivity contribution >= 4 is 44.2 Å². The van der Waals surface area contributed by atoms with Crippen molar-refractivity contribution in [2.75, 3.05) is 20.1 Å². The molecule has 0 heterocycles. The number of likely N-dealkylation sites (N-methyl/N-ethyl adjacent to an activating group) is 1. The molecule has 3 aromatic carbocycles. The van der Waals surface area contributed by atoms with Gasteiger partial charge < -0.3 is 10.2 Å². The molecule has 0 fully saturated rings. The van der Waals surface area contributed by atoms with Crippen molar-refractivity contribution < 1.29 is 18.0 Å². The van der Waals surface area contributed by atoms with Gasteiger partial charge in [-0.2, -0.15) is 4.31 Å². The maximum absolute atomic E-state index is 13.4. The van der Waals surface area contributed by atoms with Gasteiger partial charge in [0.05, 0.1) is 11.4 Å². The number of carbonyl (C=O) groups is 2. The van der Waals surface area contributed by atoms with Crippen molar-refractivity contribution in [2.24, 2.45) is 0 Å². The van der Waals surface area contributed by atoms with Crippen LogP contribution in [0.4, 0.5) is 0 Å². The molecule has 0 spiro atoms. The number of fused-ring (bicyclic) bond motifs is 1. The van der Waals surface area contributed by atoms with Crippen LogP contribution in [0.25, 0.3) is 10.8 Å². The lowest BCUT2D eigenvalue weighted by Crippen LogP contribution is -2.50. The molecule has 0 bridgehead atoms. The molecule has 0 aliphatic heterocycles.